The van der Waals surface area contributed by atoms with Crippen molar-refractivity contribution in [2.45, 2.75) is 12.2 Å². The molecule has 0 aliphatic rings. The van der Waals surface area contributed by atoms with Crippen LogP contribution < -0.4 is 0 Å². The Morgan fingerprint density at radius 1 is 1.64 bits per heavy atom. The first-order valence-corrected chi connectivity index (χ1v) is 2.84. The van der Waals surface area contributed by atoms with Gasteiger partial charge in [0.05, 0.1) is 13.7 Å². The van der Waals surface area contributed by atoms with Crippen LogP contribution in [0, 0.1) is 0 Å². The van der Waals surface area contributed by atoms with Crippen LogP contribution in [0.5, 0.6) is 0 Å². The minimum absolute atomic E-state index is 0.694. The summed E-state index contributed by atoms with van der Waals surface area (Å²) >= 11 is 0. The van der Waals surface area contributed by atoms with Crippen molar-refractivity contribution < 1.29 is 29.9 Å². The predicted octanol–water partition coefficient (Wildman–Crippen LogP) is -1.63. The van der Waals surface area contributed by atoms with Crippen LogP contribution in [0.15, 0.2) is 0 Å². The molecule has 2 unspecified atom stereocenters. The molecule has 0 aromatic heterocycles. The number of hydrogen-bond donors (Lipinski definition) is 3. The van der Waals surface area contributed by atoms with E-state index >= 15 is 0 Å². The summed E-state index contributed by atoms with van der Waals surface area (Å²) in [6.45, 7) is -0.694. The van der Waals surface area contributed by atoms with E-state index in [9.17, 15) is 4.79 Å². The van der Waals surface area contributed by atoms with E-state index in [-0.39, 0.29) is 0 Å². The minimum Gasteiger partial charge on any atom is -0.479 e. The van der Waals surface area contributed by atoms with Crippen molar-refractivity contribution in [3.8, 4) is 0 Å². The molecule has 0 radical (unpaired) electrons. The quantitative estimate of drug-likeness (QED) is 0.335. The van der Waals surface area contributed by atoms with Gasteiger partial charge in [0.15, 0.2) is 0 Å². The van der Waals surface area contributed by atoms with E-state index in [2.05, 4.69) is 9.78 Å². The number of hydrogen-bond acceptors (Lipinski definition) is 5. The van der Waals surface area contributed by atoms with Gasteiger partial charge in [-0.3, -0.25) is 0 Å². The molecule has 2 atom stereocenters. The van der Waals surface area contributed by atoms with Crippen molar-refractivity contribution in [2.24, 2.45) is 0 Å². The molecule has 11 heavy (non-hydrogen) atoms. The van der Waals surface area contributed by atoms with Crippen LogP contribution in [0.2, 0.25) is 0 Å². The monoisotopic (exact) mass is 166 g/mol. The second-order valence-corrected chi connectivity index (χ2v) is 1.77. The Morgan fingerprint density at radius 2 is 2.18 bits per heavy atom. The van der Waals surface area contributed by atoms with Crippen molar-refractivity contribution in [1.29, 1.82) is 0 Å². The first-order chi connectivity index (χ1) is 5.13. The third kappa shape index (κ3) is 3.28. The molecular formula is C5H10O6. The van der Waals surface area contributed by atoms with Crippen LogP contribution in [-0.2, 0) is 14.6 Å². The molecule has 0 aromatic carbocycles. The van der Waals surface area contributed by atoms with Gasteiger partial charge in [0, 0.05) is 0 Å². The van der Waals surface area contributed by atoms with Crippen molar-refractivity contribution >= 4 is 5.97 Å². The van der Waals surface area contributed by atoms with Gasteiger partial charge in [-0.25, -0.2) is 14.6 Å². The maximum atomic E-state index is 10.2. The lowest BCUT2D eigenvalue weighted by molar-refractivity contribution is -0.316. The van der Waals surface area contributed by atoms with Crippen LogP contribution in [0.25, 0.3) is 0 Å². The minimum atomic E-state index is -1.55. The second kappa shape index (κ2) is 5.03. The van der Waals surface area contributed by atoms with Gasteiger partial charge in [-0.05, 0) is 0 Å². The maximum absolute atomic E-state index is 10.2. The Hall–Kier alpha value is -0.690. The highest BCUT2D eigenvalue weighted by Crippen LogP contribution is 1.99. The van der Waals surface area contributed by atoms with Crippen molar-refractivity contribution in [3.05, 3.63) is 0 Å². The summed E-state index contributed by atoms with van der Waals surface area (Å²) in [6, 6.07) is 0. The third-order valence-corrected chi connectivity index (χ3v) is 0.980. The van der Waals surface area contributed by atoms with E-state index in [1.165, 1.54) is 0 Å². The number of carboxylic acids is 1. The largest absolute Gasteiger partial charge is 0.479 e. The predicted molar refractivity (Wildman–Crippen MR) is 32.6 cm³/mol. The fourth-order valence-corrected chi connectivity index (χ4v) is 0.469. The normalized spacial score (nSPS) is 15.9. The molecule has 3 N–H and O–H groups in total. The van der Waals surface area contributed by atoms with Crippen molar-refractivity contribution in [3.63, 3.8) is 0 Å². The molecule has 6 nitrogen and oxygen atoms in total. The van der Waals surface area contributed by atoms with Gasteiger partial charge in [0.1, 0.15) is 6.10 Å². The SMILES string of the molecule is COOC(C(=O)O)C(O)CO. The Morgan fingerprint density at radius 3 is 2.45 bits per heavy atom. The Balaban J connectivity index is 3.97. The van der Waals surface area contributed by atoms with Crippen LogP contribution in [0.3, 0.4) is 0 Å². The molecule has 0 bridgehead atoms. The molecule has 0 fully saturated rings. The first-order valence-electron chi connectivity index (χ1n) is 2.84. The number of carboxylic acid groups (broad SMARTS) is 1. The van der Waals surface area contributed by atoms with Crippen LogP contribution in [-0.4, -0.2) is 47.2 Å². The standard InChI is InChI=1S/C5H10O6/c1-10-11-4(5(8)9)3(7)2-6/h3-4,6-7H,2H2,1H3,(H,8,9). The fourth-order valence-electron chi connectivity index (χ4n) is 0.469. The van der Waals surface area contributed by atoms with Gasteiger partial charge >= 0.3 is 5.97 Å². The summed E-state index contributed by atoms with van der Waals surface area (Å²) in [4.78, 5) is 18.4. The van der Waals surface area contributed by atoms with Gasteiger partial charge in [-0.1, -0.05) is 0 Å². The van der Waals surface area contributed by atoms with E-state index in [1.54, 1.807) is 0 Å². The molecule has 0 aromatic rings. The lowest BCUT2D eigenvalue weighted by Gasteiger charge is -2.14. The zero-order valence-electron chi connectivity index (χ0n) is 5.93. The summed E-state index contributed by atoms with van der Waals surface area (Å²) in [6.07, 6.45) is -3.03. The Kier molecular flexibility index (Phi) is 4.71. The summed E-state index contributed by atoms with van der Waals surface area (Å²) in [5, 5.41) is 25.4. The molecule has 66 valence electrons. The van der Waals surface area contributed by atoms with E-state index in [0.717, 1.165) is 7.11 Å². The summed E-state index contributed by atoms with van der Waals surface area (Å²) in [7, 11) is 1.11. The van der Waals surface area contributed by atoms with E-state index in [0.29, 0.717) is 0 Å². The summed E-state index contributed by atoms with van der Waals surface area (Å²) in [5.74, 6) is -1.39. The van der Waals surface area contributed by atoms with Crippen LogP contribution in [0.1, 0.15) is 0 Å². The number of aliphatic carboxylic acids is 1. The first kappa shape index (κ1) is 10.3. The highest BCUT2D eigenvalue weighted by molar-refractivity contribution is 5.72. The third-order valence-electron chi connectivity index (χ3n) is 0.980. The number of aliphatic hydroxyl groups excluding tert-OH is 2. The van der Waals surface area contributed by atoms with E-state index < -0.39 is 24.8 Å². The molecule has 0 aliphatic heterocycles. The topological polar surface area (TPSA) is 96.2 Å². The highest BCUT2D eigenvalue weighted by Gasteiger charge is 2.27. The average Bonchev–Trinajstić information content (AvgIpc) is 1.98. The molecule has 0 saturated heterocycles. The maximum Gasteiger partial charge on any atom is 0.339 e. The van der Waals surface area contributed by atoms with Crippen molar-refractivity contribution in [2.75, 3.05) is 13.7 Å². The van der Waals surface area contributed by atoms with Crippen LogP contribution in [0.4, 0.5) is 0 Å². The fraction of sp³-hybridized carbons (Fsp3) is 0.800. The van der Waals surface area contributed by atoms with Gasteiger partial charge in [0.2, 0.25) is 6.10 Å². The van der Waals surface area contributed by atoms with Gasteiger partial charge in [0.25, 0.3) is 0 Å². The zero-order chi connectivity index (χ0) is 8.85. The van der Waals surface area contributed by atoms with Gasteiger partial charge in [-0.2, -0.15) is 0 Å². The molecule has 6 heteroatoms. The molecule has 0 aliphatic carbocycles. The zero-order valence-corrected chi connectivity index (χ0v) is 5.93. The lowest BCUT2D eigenvalue weighted by atomic mass is 10.2. The second-order valence-electron chi connectivity index (χ2n) is 1.77. The molecular weight excluding hydrogens is 156 g/mol. The molecule has 0 heterocycles. The number of rotatable bonds is 5. The molecule has 0 amide bonds. The smallest absolute Gasteiger partial charge is 0.339 e. The molecule has 0 rings (SSSR count). The molecule has 0 spiro atoms. The molecule has 0 saturated carbocycles. The highest BCUT2D eigenvalue weighted by atomic mass is 17.2. The number of carbonyl (C=O) groups is 1. The van der Waals surface area contributed by atoms with Crippen LogP contribution >= 0.6 is 0 Å². The van der Waals surface area contributed by atoms with E-state index in [4.69, 9.17) is 15.3 Å². The van der Waals surface area contributed by atoms with Crippen molar-refractivity contribution in [1.82, 2.24) is 0 Å². The van der Waals surface area contributed by atoms with Gasteiger partial charge in [-0.15, -0.1) is 0 Å². The van der Waals surface area contributed by atoms with Gasteiger partial charge < -0.3 is 15.3 Å². The summed E-state index contributed by atoms with van der Waals surface area (Å²) in [5.41, 5.74) is 0. The lowest BCUT2D eigenvalue weighted by Crippen LogP contribution is -2.38. The Bertz CT molecular complexity index is 124. The Labute approximate surface area is 62.9 Å². The average molecular weight is 166 g/mol. The summed E-state index contributed by atoms with van der Waals surface area (Å²) < 4.78 is 0. The number of aliphatic hydroxyl groups is 2. The van der Waals surface area contributed by atoms with E-state index in [1.807, 2.05) is 0 Å².